The van der Waals surface area contributed by atoms with Crippen LogP contribution in [-0.4, -0.2) is 12.6 Å². The molecule has 1 aromatic carbocycles. The Kier molecular flexibility index (Phi) is 3.53. The van der Waals surface area contributed by atoms with E-state index in [0.717, 1.165) is 31.1 Å². The molecule has 2 aliphatic rings. The van der Waals surface area contributed by atoms with E-state index in [1.54, 1.807) is 0 Å². The van der Waals surface area contributed by atoms with Crippen LogP contribution in [-0.2, 0) is 6.42 Å². The number of hydrogen-bond acceptors (Lipinski definition) is 2. The minimum atomic E-state index is 0.314. The number of benzene rings is 1. The molecule has 3 rings (SSSR count). The van der Waals surface area contributed by atoms with Gasteiger partial charge in [0.2, 0.25) is 0 Å². The lowest BCUT2D eigenvalue weighted by atomic mass is 9.66. The predicted octanol–water partition coefficient (Wildman–Crippen LogP) is 3.88. The van der Waals surface area contributed by atoms with Gasteiger partial charge in [0.25, 0.3) is 0 Å². The zero-order valence-corrected chi connectivity index (χ0v) is 13.0. The van der Waals surface area contributed by atoms with Crippen LogP contribution in [0, 0.1) is 11.3 Å². The van der Waals surface area contributed by atoms with Crippen molar-refractivity contribution < 1.29 is 4.74 Å². The van der Waals surface area contributed by atoms with Gasteiger partial charge >= 0.3 is 0 Å². The second-order valence-corrected chi connectivity index (χ2v) is 7.61. The highest BCUT2D eigenvalue weighted by Gasteiger charge is 2.35. The number of fused-ring (bicyclic) bond motifs is 1. The summed E-state index contributed by atoms with van der Waals surface area (Å²) in [6.07, 6.45) is 4.70. The monoisotopic (exact) mass is 273 g/mol. The van der Waals surface area contributed by atoms with Crippen LogP contribution in [0.3, 0.4) is 0 Å². The summed E-state index contributed by atoms with van der Waals surface area (Å²) in [6.45, 7) is 7.92. The zero-order valence-electron chi connectivity index (χ0n) is 13.0. The van der Waals surface area contributed by atoms with Crippen molar-refractivity contribution in [1.29, 1.82) is 0 Å². The lowest BCUT2D eigenvalue weighted by molar-refractivity contribution is 0.154. The van der Waals surface area contributed by atoms with Gasteiger partial charge in [0.1, 0.15) is 5.75 Å². The Morgan fingerprint density at radius 2 is 2.00 bits per heavy atom. The molecule has 3 unspecified atom stereocenters. The van der Waals surface area contributed by atoms with Gasteiger partial charge in [-0.15, -0.1) is 0 Å². The molecule has 1 aliphatic carbocycles. The van der Waals surface area contributed by atoms with Crippen molar-refractivity contribution in [2.75, 3.05) is 6.61 Å². The molecule has 1 fully saturated rings. The van der Waals surface area contributed by atoms with E-state index in [4.69, 9.17) is 10.5 Å². The van der Waals surface area contributed by atoms with Crippen LogP contribution in [0.5, 0.6) is 5.75 Å². The molecule has 0 spiro atoms. The molecule has 2 heteroatoms. The number of ether oxygens (including phenoxy) is 1. The molecule has 0 bridgehead atoms. The maximum absolute atomic E-state index is 6.43. The molecule has 0 saturated heterocycles. The van der Waals surface area contributed by atoms with Crippen molar-refractivity contribution in [2.45, 2.75) is 58.4 Å². The van der Waals surface area contributed by atoms with Crippen molar-refractivity contribution in [1.82, 2.24) is 0 Å². The summed E-state index contributed by atoms with van der Waals surface area (Å²) in [5, 5.41) is 0. The summed E-state index contributed by atoms with van der Waals surface area (Å²) in [5.74, 6) is 2.36. The van der Waals surface area contributed by atoms with E-state index in [1.165, 1.54) is 24.0 Å². The first kappa shape index (κ1) is 13.9. The Morgan fingerprint density at radius 3 is 2.75 bits per heavy atom. The molecule has 3 atom stereocenters. The van der Waals surface area contributed by atoms with E-state index in [-0.39, 0.29) is 0 Å². The first-order valence-corrected chi connectivity index (χ1v) is 7.96. The molecule has 1 aromatic rings. The van der Waals surface area contributed by atoms with Crippen LogP contribution < -0.4 is 10.5 Å². The quantitative estimate of drug-likeness (QED) is 0.843. The molecule has 110 valence electrons. The van der Waals surface area contributed by atoms with E-state index >= 15 is 0 Å². The van der Waals surface area contributed by atoms with Crippen molar-refractivity contribution in [3.8, 4) is 5.75 Å². The molecule has 2 N–H and O–H groups in total. The van der Waals surface area contributed by atoms with Gasteiger partial charge in [0, 0.05) is 12.5 Å². The second kappa shape index (κ2) is 5.07. The van der Waals surface area contributed by atoms with Crippen LogP contribution in [0.1, 0.15) is 57.1 Å². The first-order chi connectivity index (χ1) is 9.45. The smallest absolute Gasteiger partial charge is 0.122 e. The minimum absolute atomic E-state index is 0.314. The minimum Gasteiger partial charge on any atom is -0.493 e. The van der Waals surface area contributed by atoms with Gasteiger partial charge in [-0.1, -0.05) is 32.9 Å². The van der Waals surface area contributed by atoms with Crippen LogP contribution >= 0.6 is 0 Å². The largest absolute Gasteiger partial charge is 0.493 e. The lowest BCUT2D eigenvalue weighted by Gasteiger charge is -2.41. The summed E-state index contributed by atoms with van der Waals surface area (Å²) in [5.41, 5.74) is 9.61. The standard InChI is InChI=1S/C18H27NO/c1-18(2,3)14-5-6-16(19)15(11-14)12-4-7-17-13(10-12)8-9-20-17/h4,7,10,14-16H,5-6,8-9,11,19H2,1-3H3. The maximum Gasteiger partial charge on any atom is 0.122 e. The van der Waals surface area contributed by atoms with Crippen molar-refractivity contribution in [3.63, 3.8) is 0 Å². The fourth-order valence-electron chi connectivity index (χ4n) is 3.80. The fourth-order valence-corrected chi connectivity index (χ4v) is 3.80. The normalized spacial score (nSPS) is 29.9. The lowest BCUT2D eigenvalue weighted by Crippen LogP contribution is -2.38. The topological polar surface area (TPSA) is 35.2 Å². The van der Waals surface area contributed by atoms with E-state index < -0.39 is 0 Å². The van der Waals surface area contributed by atoms with Crippen LogP contribution in [0.4, 0.5) is 0 Å². The van der Waals surface area contributed by atoms with Crippen molar-refractivity contribution >= 4 is 0 Å². The fraction of sp³-hybridized carbons (Fsp3) is 0.667. The Hall–Kier alpha value is -1.02. The van der Waals surface area contributed by atoms with Gasteiger partial charge in [0.05, 0.1) is 6.61 Å². The Bertz CT molecular complexity index is 489. The van der Waals surface area contributed by atoms with E-state index in [9.17, 15) is 0 Å². The van der Waals surface area contributed by atoms with Crippen LogP contribution in [0.2, 0.25) is 0 Å². The summed E-state index contributed by atoms with van der Waals surface area (Å²) in [7, 11) is 0. The predicted molar refractivity (Wildman–Crippen MR) is 83.2 cm³/mol. The molecule has 0 radical (unpaired) electrons. The highest BCUT2D eigenvalue weighted by atomic mass is 16.5. The molecule has 0 amide bonds. The van der Waals surface area contributed by atoms with Crippen LogP contribution in [0.15, 0.2) is 18.2 Å². The van der Waals surface area contributed by atoms with Crippen molar-refractivity contribution in [2.24, 2.45) is 17.1 Å². The SMILES string of the molecule is CC(C)(C)C1CCC(N)C(c2ccc3c(c2)CCO3)C1. The summed E-state index contributed by atoms with van der Waals surface area (Å²) < 4.78 is 5.61. The second-order valence-electron chi connectivity index (χ2n) is 7.61. The molecular weight excluding hydrogens is 246 g/mol. The highest BCUT2D eigenvalue weighted by Crippen LogP contribution is 2.44. The molecule has 1 saturated carbocycles. The number of hydrogen-bond donors (Lipinski definition) is 1. The van der Waals surface area contributed by atoms with E-state index in [1.807, 2.05) is 0 Å². The van der Waals surface area contributed by atoms with Gasteiger partial charge in [-0.2, -0.15) is 0 Å². The van der Waals surface area contributed by atoms with Crippen molar-refractivity contribution in [3.05, 3.63) is 29.3 Å². The third-order valence-corrected chi connectivity index (χ3v) is 5.27. The summed E-state index contributed by atoms with van der Waals surface area (Å²) in [4.78, 5) is 0. The Morgan fingerprint density at radius 1 is 1.20 bits per heavy atom. The maximum atomic E-state index is 6.43. The Balaban J connectivity index is 1.84. The first-order valence-electron chi connectivity index (χ1n) is 7.96. The van der Waals surface area contributed by atoms with Gasteiger partial charge in [-0.05, 0) is 53.7 Å². The molecule has 1 aliphatic heterocycles. The van der Waals surface area contributed by atoms with Gasteiger partial charge < -0.3 is 10.5 Å². The van der Waals surface area contributed by atoms with Gasteiger partial charge in [0.15, 0.2) is 0 Å². The van der Waals surface area contributed by atoms with Crippen LogP contribution in [0.25, 0.3) is 0 Å². The zero-order chi connectivity index (χ0) is 14.3. The van der Waals surface area contributed by atoms with Gasteiger partial charge in [-0.25, -0.2) is 0 Å². The average molecular weight is 273 g/mol. The number of nitrogens with two attached hydrogens (primary N) is 1. The summed E-state index contributed by atoms with van der Waals surface area (Å²) >= 11 is 0. The molecule has 0 aromatic heterocycles. The van der Waals surface area contributed by atoms with E-state index in [0.29, 0.717) is 17.4 Å². The van der Waals surface area contributed by atoms with Gasteiger partial charge in [-0.3, -0.25) is 0 Å². The highest BCUT2D eigenvalue weighted by molar-refractivity contribution is 5.41. The molecule has 2 nitrogen and oxygen atoms in total. The molecular formula is C18H27NO. The molecule has 1 heterocycles. The van der Waals surface area contributed by atoms with E-state index in [2.05, 4.69) is 39.0 Å². The summed E-state index contributed by atoms with van der Waals surface area (Å²) in [6, 6.07) is 7.04. The number of rotatable bonds is 1. The Labute approximate surface area is 122 Å². The third-order valence-electron chi connectivity index (χ3n) is 5.27. The average Bonchev–Trinajstić information content (AvgIpc) is 2.85. The third kappa shape index (κ3) is 2.58. The molecule has 20 heavy (non-hydrogen) atoms.